The fraction of sp³-hybridized carbons (Fsp3) is 0.333. The van der Waals surface area contributed by atoms with Gasteiger partial charge in [0.2, 0.25) is 0 Å². The van der Waals surface area contributed by atoms with Gasteiger partial charge in [-0.1, -0.05) is 22.9 Å². The summed E-state index contributed by atoms with van der Waals surface area (Å²) >= 11 is 7.40. The average Bonchev–Trinajstić information content (AvgIpc) is 3.24. The zero-order valence-electron chi connectivity index (χ0n) is 20.1. The molecule has 4 aromatic heterocycles. The summed E-state index contributed by atoms with van der Waals surface area (Å²) in [7, 11) is 1.54. The van der Waals surface area contributed by atoms with E-state index in [-0.39, 0.29) is 23.3 Å². The van der Waals surface area contributed by atoms with Crippen LogP contribution < -0.4 is 15.0 Å². The fourth-order valence-corrected chi connectivity index (χ4v) is 5.15. The van der Waals surface area contributed by atoms with Crippen molar-refractivity contribution in [3.63, 3.8) is 0 Å². The Balaban J connectivity index is 1.44. The Kier molecular flexibility index (Phi) is 6.69. The molecule has 5 heterocycles. The number of nitrogens with zero attached hydrogens (tertiary/aromatic N) is 6. The zero-order chi connectivity index (χ0) is 25.4. The topological polar surface area (TPSA) is 115 Å². The molecule has 0 spiro atoms. The number of anilines is 2. The van der Waals surface area contributed by atoms with Crippen LogP contribution in [0.25, 0.3) is 21.6 Å². The molecule has 2 atom stereocenters. The van der Waals surface area contributed by atoms with Crippen LogP contribution in [0.4, 0.5) is 10.9 Å². The van der Waals surface area contributed by atoms with Gasteiger partial charge in [-0.05, 0) is 32.9 Å². The summed E-state index contributed by atoms with van der Waals surface area (Å²) in [6.07, 6.45) is 4.96. The molecule has 0 bridgehead atoms. The lowest BCUT2D eigenvalue weighted by Crippen LogP contribution is -2.45. The maximum Gasteiger partial charge on any atom is 0.259 e. The molecule has 0 aliphatic carbocycles. The smallest absolute Gasteiger partial charge is 0.259 e. The summed E-state index contributed by atoms with van der Waals surface area (Å²) in [6.45, 7) is 7.40. The minimum absolute atomic E-state index is 0.105. The normalized spacial score (nSPS) is 17.9. The van der Waals surface area contributed by atoms with Crippen LogP contribution in [-0.4, -0.2) is 63.2 Å². The Labute approximate surface area is 216 Å². The van der Waals surface area contributed by atoms with Gasteiger partial charge in [0.25, 0.3) is 5.91 Å². The average molecular weight is 526 g/mol. The van der Waals surface area contributed by atoms with Crippen LogP contribution in [0.2, 0.25) is 5.15 Å². The molecule has 1 saturated heterocycles. The number of hydrogen-bond acceptors (Lipinski definition) is 10. The SMILES string of the molecule is COc1cnc(Cl)cc1-c1cc(C)ncc1C(=O)Nc1nc2ncc(N3C[C@H](C)O[C@@H](C)C3)nc2s1. The van der Waals surface area contributed by atoms with Crippen LogP contribution in [0.1, 0.15) is 29.9 Å². The van der Waals surface area contributed by atoms with Crippen molar-refractivity contribution in [2.24, 2.45) is 0 Å². The summed E-state index contributed by atoms with van der Waals surface area (Å²) in [6, 6.07) is 3.47. The van der Waals surface area contributed by atoms with Crippen LogP contribution in [0.3, 0.4) is 0 Å². The molecule has 10 nitrogen and oxygen atoms in total. The highest BCUT2D eigenvalue weighted by Crippen LogP contribution is 2.34. The number of morpholine rings is 1. The molecule has 12 heteroatoms. The Morgan fingerprint density at radius 1 is 1.11 bits per heavy atom. The van der Waals surface area contributed by atoms with E-state index >= 15 is 0 Å². The number of thiazole rings is 1. The molecule has 4 aromatic rings. The van der Waals surface area contributed by atoms with Crippen molar-refractivity contribution in [3.8, 4) is 16.9 Å². The third-order valence-corrected chi connectivity index (χ3v) is 6.76. The second-order valence-electron chi connectivity index (χ2n) is 8.57. The van der Waals surface area contributed by atoms with Gasteiger partial charge in [-0.2, -0.15) is 4.98 Å². The molecule has 1 aliphatic rings. The lowest BCUT2D eigenvalue weighted by atomic mass is 10.0. The van der Waals surface area contributed by atoms with Crippen LogP contribution in [0.5, 0.6) is 5.75 Å². The molecule has 36 heavy (non-hydrogen) atoms. The van der Waals surface area contributed by atoms with Crippen molar-refractivity contribution in [2.75, 3.05) is 30.4 Å². The predicted octanol–water partition coefficient (Wildman–Crippen LogP) is 4.38. The number of fused-ring (bicyclic) bond motifs is 1. The second kappa shape index (κ2) is 9.92. The van der Waals surface area contributed by atoms with E-state index in [1.807, 2.05) is 20.8 Å². The van der Waals surface area contributed by atoms with Gasteiger partial charge in [-0.3, -0.25) is 15.1 Å². The number of ether oxygens (including phenoxy) is 2. The van der Waals surface area contributed by atoms with Crippen molar-refractivity contribution in [1.29, 1.82) is 0 Å². The van der Waals surface area contributed by atoms with E-state index in [0.717, 1.165) is 24.6 Å². The third kappa shape index (κ3) is 4.95. The lowest BCUT2D eigenvalue weighted by Gasteiger charge is -2.35. The number of aromatic nitrogens is 5. The minimum atomic E-state index is -0.373. The highest BCUT2D eigenvalue weighted by atomic mass is 35.5. The van der Waals surface area contributed by atoms with Crippen molar-refractivity contribution in [3.05, 3.63) is 47.1 Å². The van der Waals surface area contributed by atoms with E-state index in [1.165, 1.54) is 30.8 Å². The van der Waals surface area contributed by atoms with Gasteiger partial charge in [0, 0.05) is 36.1 Å². The summed E-state index contributed by atoms with van der Waals surface area (Å²) in [5.74, 6) is 0.882. The lowest BCUT2D eigenvalue weighted by molar-refractivity contribution is -0.00546. The number of aryl methyl sites for hydroxylation is 1. The predicted molar refractivity (Wildman–Crippen MR) is 139 cm³/mol. The van der Waals surface area contributed by atoms with Crippen molar-refractivity contribution in [2.45, 2.75) is 33.0 Å². The molecule has 1 aliphatic heterocycles. The quantitative estimate of drug-likeness (QED) is 0.379. The molecule has 0 saturated carbocycles. The van der Waals surface area contributed by atoms with Gasteiger partial charge in [0.05, 0.1) is 37.3 Å². The molecular weight excluding hydrogens is 502 g/mol. The molecule has 0 radical (unpaired) electrons. The highest BCUT2D eigenvalue weighted by Gasteiger charge is 2.24. The summed E-state index contributed by atoms with van der Waals surface area (Å²) in [5.41, 5.74) is 2.82. The van der Waals surface area contributed by atoms with E-state index < -0.39 is 0 Å². The zero-order valence-corrected chi connectivity index (χ0v) is 21.7. The van der Waals surface area contributed by atoms with Gasteiger partial charge in [0.15, 0.2) is 15.6 Å². The number of nitrogens with one attached hydrogen (secondary N) is 1. The monoisotopic (exact) mass is 525 g/mol. The van der Waals surface area contributed by atoms with Gasteiger partial charge < -0.3 is 14.4 Å². The maximum atomic E-state index is 13.3. The Morgan fingerprint density at radius 2 is 1.89 bits per heavy atom. The summed E-state index contributed by atoms with van der Waals surface area (Å²) in [4.78, 5) is 38.2. The molecular formula is C24H24ClN7O3S. The summed E-state index contributed by atoms with van der Waals surface area (Å²) < 4.78 is 11.3. The number of methoxy groups -OCH3 is 1. The Morgan fingerprint density at radius 3 is 2.64 bits per heavy atom. The fourth-order valence-electron chi connectivity index (χ4n) is 4.20. The molecule has 1 fully saturated rings. The molecule has 5 rings (SSSR count). The standard InChI is InChI=1S/C24H24ClN7O3S/c1-12-5-15(16-6-19(25)27-8-18(16)34-4)17(7-26-12)22(33)31-24-30-21-23(36-24)29-20(9-28-21)32-10-13(2)35-14(3)11-32/h5-9,13-14H,10-11H2,1-4H3,(H,28,30,31,33)/t13-,14-/m0/s1. The minimum Gasteiger partial charge on any atom is -0.494 e. The number of carbonyl (C=O) groups excluding carboxylic acids is 1. The second-order valence-corrected chi connectivity index (χ2v) is 9.94. The van der Waals surface area contributed by atoms with Crippen LogP contribution in [0.15, 0.2) is 30.7 Å². The largest absolute Gasteiger partial charge is 0.494 e. The number of rotatable bonds is 5. The molecule has 1 N–H and O–H groups in total. The molecule has 1 amide bonds. The first kappa shape index (κ1) is 24.3. The number of amides is 1. The van der Waals surface area contributed by atoms with E-state index in [2.05, 4.69) is 30.2 Å². The Hall–Kier alpha value is -3.41. The number of hydrogen-bond donors (Lipinski definition) is 1. The van der Waals surface area contributed by atoms with E-state index in [4.69, 9.17) is 26.1 Å². The van der Waals surface area contributed by atoms with Crippen molar-refractivity contribution in [1.82, 2.24) is 24.9 Å². The van der Waals surface area contributed by atoms with Crippen LogP contribution >= 0.6 is 22.9 Å². The van der Waals surface area contributed by atoms with Gasteiger partial charge in [0.1, 0.15) is 16.7 Å². The van der Waals surface area contributed by atoms with Gasteiger partial charge in [-0.15, -0.1) is 0 Å². The number of halogens is 1. The first-order chi connectivity index (χ1) is 17.3. The maximum absolute atomic E-state index is 13.3. The van der Waals surface area contributed by atoms with Crippen LogP contribution in [0, 0.1) is 6.92 Å². The summed E-state index contributed by atoms with van der Waals surface area (Å²) in [5, 5.41) is 3.55. The first-order valence-electron chi connectivity index (χ1n) is 11.3. The van der Waals surface area contributed by atoms with E-state index in [0.29, 0.717) is 38.0 Å². The van der Waals surface area contributed by atoms with Crippen LogP contribution in [-0.2, 0) is 4.74 Å². The number of pyridine rings is 2. The van der Waals surface area contributed by atoms with Crippen molar-refractivity contribution >= 4 is 50.3 Å². The van der Waals surface area contributed by atoms with E-state index in [9.17, 15) is 4.79 Å². The molecule has 186 valence electrons. The number of carbonyl (C=O) groups is 1. The third-order valence-electron chi connectivity index (χ3n) is 5.70. The Bertz CT molecular complexity index is 1440. The first-order valence-corrected chi connectivity index (χ1v) is 12.5. The molecule has 0 aromatic carbocycles. The molecule has 0 unspecified atom stereocenters. The highest BCUT2D eigenvalue weighted by molar-refractivity contribution is 7.21. The van der Waals surface area contributed by atoms with Gasteiger partial charge >= 0.3 is 0 Å². The van der Waals surface area contributed by atoms with Gasteiger partial charge in [-0.25, -0.2) is 15.0 Å². The van der Waals surface area contributed by atoms with Crippen molar-refractivity contribution < 1.29 is 14.3 Å². The van der Waals surface area contributed by atoms with E-state index in [1.54, 1.807) is 18.3 Å².